The van der Waals surface area contributed by atoms with Crippen molar-refractivity contribution in [3.63, 3.8) is 0 Å². The number of nitrogens with zero attached hydrogens (tertiary/aromatic N) is 2. The van der Waals surface area contributed by atoms with Crippen molar-refractivity contribution in [1.29, 1.82) is 0 Å². The topological polar surface area (TPSA) is 68.0 Å². The van der Waals surface area contributed by atoms with E-state index in [9.17, 15) is 9.18 Å². The number of aromatic nitrogens is 2. The average molecular weight is 352 g/mol. The fourth-order valence-corrected chi connectivity index (χ4v) is 2.34. The number of anilines is 1. The number of carbonyl (C=O) groups is 1. The smallest absolute Gasteiger partial charge is 0.322 e. The lowest BCUT2D eigenvalue weighted by molar-refractivity contribution is 0.102. The van der Waals surface area contributed by atoms with Crippen molar-refractivity contribution in [3.05, 3.63) is 63.9 Å². The summed E-state index contributed by atoms with van der Waals surface area (Å²) in [6.07, 6.45) is 0. The van der Waals surface area contributed by atoms with E-state index in [0.717, 1.165) is 0 Å². The Morgan fingerprint density at radius 3 is 2.70 bits per heavy atom. The van der Waals surface area contributed by atoms with E-state index < -0.39 is 11.7 Å². The van der Waals surface area contributed by atoms with Gasteiger partial charge in [0.2, 0.25) is 5.89 Å². The van der Waals surface area contributed by atoms with E-state index in [-0.39, 0.29) is 22.5 Å². The SMILES string of the molecule is O=C(Nc1nnc(-c2cccc(F)c2)o1)c1ccc(Cl)cc1Cl. The number of hydrogen-bond acceptors (Lipinski definition) is 4. The molecule has 23 heavy (non-hydrogen) atoms. The lowest BCUT2D eigenvalue weighted by atomic mass is 10.2. The maximum atomic E-state index is 13.2. The molecule has 116 valence electrons. The number of hydrogen-bond donors (Lipinski definition) is 1. The van der Waals surface area contributed by atoms with Crippen LogP contribution in [-0.2, 0) is 0 Å². The third-order valence-corrected chi connectivity index (χ3v) is 3.44. The number of amides is 1. The number of rotatable bonds is 3. The molecule has 0 saturated carbocycles. The van der Waals surface area contributed by atoms with E-state index >= 15 is 0 Å². The number of benzene rings is 2. The summed E-state index contributed by atoms with van der Waals surface area (Å²) in [7, 11) is 0. The van der Waals surface area contributed by atoms with Crippen molar-refractivity contribution in [2.75, 3.05) is 5.32 Å². The monoisotopic (exact) mass is 351 g/mol. The molecule has 8 heteroatoms. The van der Waals surface area contributed by atoms with Crippen molar-refractivity contribution >= 4 is 35.1 Å². The Labute approximate surface area is 140 Å². The van der Waals surface area contributed by atoms with Crippen molar-refractivity contribution in [1.82, 2.24) is 10.2 Å². The third kappa shape index (κ3) is 3.49. The second-order valence-electron chi connectivity index (χ2n) is 4.50. The van der Waals surface area contributed by atoms with Crippen LogP contribution in [0.1, 0.15) is 10.4 Å². The largest absolute Gasteiger partial charge is 0.403 e. The van der Waals surface area contributed by atoms with E-state index in [1.54, 1.807) is 6.07 Å². The summed E-state index contributed by atoms with van der Waals surface area (Å²) in [4.78, 5) is 12.1. The highest BCUT2D eigenvalue weighted by atomic mass is 35.5. The zero-order chi connectivity index (χ0) is 16.4. The molecule has 0 aliphatic heterocycles. The molecule has 1 amide bonds. The number of nitrogens with one attached hydrogen (secondary N) is 1. The fourth-order valence-electron chi connectivity index (χ4n) is 1.85. The molecule has 1 heterocycles. The van der Waals surface area contributed by atoms with Crippen LogP contribution in [0.15, 0.2) is 46.9 Å². The molecule has 2 aromatic carbocycles. The van der Waals surface area contributed by atoms with Crippen LogP contribution < -0.4 is 5.32 Å². The van der Waals surface area contributed by atoms with Gasteiger partial charge in [-0.2, -0.15) is 0 Å². The predicted molar refractivity (Wildman–Crippen MR) is 84.1 cm³/mol. The van der Waals surface area contributed by atoms with E-state index in [1.165, 1.54) is 36.4 Å². The minimum atomic E-state index is -0.527. The summed E-state index contributed by atoms with van der Waals surface area (Å²) in [6.45, 7) is 0. The lowest BCUT2D eigenvalue weighted by Gasteiger charge is -2.03. The molecule has 0 bridgehead atoms. The van der Waals surface area contributed by atoms with Crippen molar-refractivity contribution in [3.8, 4) is 11.5 Å². The average Bonchev–Trinajstić information content (AvgIpc) is 2.95. The second kappa shape index (κ2) is 6.36. The van der Waals surface area contributed by atoms with Crippen LogP contribution in [0.4, 0.5) is 10.4 Å². The number of halogens is 3. The molecular weight excluding hydrogens is 344 g/mol. The van der Waals surface area contributed by atoms with Crippen LogP contribution in [-0.4, -0.2) is 16.1 Å². The summed E-state index contributed by atoms with van der Waals surface area (Å²) in [5.41, 5.74) is 0.615. The minimum Gasteiger partial charge on any atom is -0.403 e. The second-order valence-corrected chi connectivity index (χ2v) is 5.34. The Kier molecular flexibility index (Phi) is 4.27. The van der Waals surface area contributed by atoms with Gasteiger partial charge < -0.3 is 4.42 Å². The van der Waals surface area contributed by atoms with Crippen LogP contribution >= 0.6 is 23.2 Å². The van der Waals surface area contributed by atoms with Gasteiger partial charge in [0.25, 0.3) is 5.91 Å². The highest BCUT2D eigenvalue weighted by Crippen LogP contribution is 2.23. The van der Waals surface area contributed by atoms with E-state index in [2.05, 4.69) is 15.5 Å². The molecule has 0 radical (unpaired) electrons. The van der Waals surface area contributed by atoms with Gasteiger partial charge in [-0.25, -0.2) is 4.39 Å². The maximum Gasteiger partial charge on any atom is 0.322 e. The number of carbonyl (C=O) groups excluding carboxylic acids is 1. The maximum absolute atomic E-state index is 13.2. The molecule has 0 spiro atoms. The normalized spacial score (nSPS) is 10.6. The summed E-state index contributed by atoms with van der Waals surface area (Å²) in [6, 6.07) is 10.0. The molecular formula is C15H8Cl2FN3O2. The first kappa shape index (κ1) is 15.5. The minimum absolute atomic E-state index is 0.0852. The van der Waals surface area contributed by atoms with Crippen molar-refractivity contribution in [2.24, 2.45) is 0 Å². The zero-order valence-electron chi connectivity index (χ0n) is 11.4. The Bertz CT molecular complexity index is 883. The molecule has 3 aromatic rings. The van der Waals surface area contributed by atoms with E-state index in [1.807, 2.05) is 0 Å². The van der Waals surface area contributed by atoms with Gasteiger partial charge in [-0.05, 0) is 36.4 Å². The molecule has 0 aliphatic rings. The molecule has 1 aromatic heterocycles. The highest BCUT2D eigenvalue weighted by Gasteiger charge is 2.15. The summed E-state index contributed by atoms with van der Waals surface area (Å²) < 4.78 is 18.5. The van der Waals surface area contributed by atoms with Gasteiger partial charge >= 0.3 is 6.01 Å². The van der Waals surface area contributed by atoms with Crippen LogP contribution in [0.3, 0.4) is 0 Å². The first-order valence-corrected chi connectivity index (χ1v) is 7.14. The quantitative estimate of drug-likeness (QED) is 0.757. The predicted octanol–water partition coefficient (Wildman–Crippen LogP) is 4.43. The van der Waals surface area contributed by atoms with Gasteiger partial charge in [0, 0.05) is 10.6 Å². The molecule has 1 N–H and O–H groups in total. The highest BCUT2D eigenvalue weighted by molar-refractivity contribution is 6.37. The van der Waals surface area contributed by atoms with Crippen LogP contribution in [0, 0.1) is 5.82 Å². The summed E-state index contributed by atoms with van der Waals surface area (Å²) >= 11 is 11.7. The van der Waals surface area contributed by atoms with Gasteiger partial charge in [-0.1, -0.05) is 34.4 Å². The van der Waals surface area contributed by atoms with Gasteiger partial charge in [0.1, 0.15) is 5.82 Å². The first-order valence-electron chi connectivity index (χ1n) is 6.39. The zero-order valence-corrected chi connectivity index (χ0v) is 12.9. The summed E-state index contributed by atoms with van der Waals surface area (Å²) in [5.74, 6) is -0.873. The first-order chi connectivity index (χ1) is 11.0. The molecule has 0 atom stereocenters. The molecule has 0 saturated heterocycles. The van der Waals surface area contributed by atoms with E-state index in [4.69, 9.17) is 27.6 Å². The Morgan fingerprint density at radius 2 is 1.96 bits per heavy atom. The standard InChI is InChI=1S/C15H8Cl2FN3O2/c16-9-4-5-11(12(17)7-9)13(22)19-15-21-20-14(23-15)8-2-1-3-10(18)6-8/h1-7H,(H,19,21,22). The third-order valence-electron chi connectivity index (χ3n) is 2.89. The van der Waals surface area contributed by atoms with E-state index in [0.29, 0.717) is 10.6 Å². The van der Waals surface area contributed by atoms with Crippen LogP contribution in [0.25, 0.3) is 11.5 Å². The Balaban J connectivity index is 1.80. The summed E-state index contributed by atoms with van der Waals surface area (Å²) in [5, 5.41) is 10.5. The fraction of sp³-hybridized carbons (Fsp3) is 0. The van der Waals surface area contributed by atoms with Gasteiger partial charge in [0.15, 0.2) is 0 Å². The van der Waals surface area contributed by atoms with Crippen molar-refractivity contribution in [2.45, 2.75) is 0 Å². The Morgan fingerprint density at radius 1 is 1.13 bits per heavy atom. The van der Waals surface area contributed by atoms with Crippen LogP contribution in [0.2, 0.25) is 10.0 Å². The molecule has 5 nitrogen and oxygen atoms in total. The van der Waals surface area contributed by atoms with Crippen LogP contribution in [0.5, 0.6) is 0 Å². The van der Waals surface area contributed by atoms with Gasteiger partial charge in [0.05, 0.1) is 10.6 Å². The molecule has 3 rings (SSSR count). The van der Waals surface area contributed by atoms with Crippen molar-refractivity contribution < 1.29 is 13.6 Å². The Hall–Kier alpha value is -2.44. The lowest BCUT2D eigenvalue weighted by Crippen LogP contribution is -2.12. The molecule has 0 unspecified atom stereocenters. The van der Waals surface area contributed by atoms with Gasteiger partial charge in [-0.3, -0.25) is 10.1 Å². The molecule has 0 aliphatic carbocycles. The molecule has 0 fully saturated rings. The van der Waals surface area contributed by atoms with Gasteiger partial charge in [-0.15, -0.1) is 5.10 Å².